The first kappa shape index (κ1) is 10.8. The summed E-state index contributed by atoms with van der Waals surface area (Å²) in [6.45, 7) is 1.68. The molecule has 0 unspecified atom stereocenters. The Morgan fingerprint density at radius 2 is 2.25 bits per heavy atom. The van der Waals surface area contributed by atoms with E-state index in [1.807, 2.05) is 24.0 Å². The summed E-state index contributed by atoms with van der Waals surface area (Å²) in [5.41, 5.74) is 1.80. The van der Waals surface area contributed by atoms with Crippen molar-refractivity contribution >= 4 is 0 Å². The number of nitrogens with one attached hydrogen (secondary N) is 1. The number of halogens is 1. The number of rotatable bonds is 4. The molecule has 0 saturated heterocycles. The molecule has 0 amide bonds. The van der Waals surface area contributed by atoms with E-state index in [0.29, 0.717) is 0 Å². The van der Waals surface area contributed by atoms with Gasteiger partial charge in [0, 0.05) is 18.3 Å². The molecule has 0 radical (unpaired) electrons. The molecular formula is C12H14FN3. The normalized spacial score (nSPS) is 10.6. The molecule has 0 fully saturated rings. The third-order valence-corrected chi connectivity index (χ3v) is 2.38. The van der Waals surface area contributed by atoms with Crippen LogP contribution in [0.2, 0.25) is 0 Å². The highest BCUT2D eigenvalue weighted by atomic mass is 19.1. The Hall–Kier alpha value is -1.68. The number of likely N-dealkylation sites (N-methyl/N-ethyl adjacent to an activating group) is 1. The van der Waals surface area contributed by atoms with Crippen molar-refractivity contribution in [2.75, 3.05) is 13.6 Å². The van der Waals surface area contributed by atoms with Crippen LogP contribution in [0.15, 0.2) is 36.7 Å². The summed E-state index contributed by atoms with van der Waals surface area (Å²) in [4.78, 5) is 0. The first-order valence-electron chi connectivity index (χ1n) is 5.22. The Bertz CT molecular complexity index is 465. The molecule has 2 aromatic rings. The second-order valence-electron chi connectivity index (χ2n) is 3.61. The zero-order valence-electron chi connectivity index (χ0n) is 9.15. The van der Waals surface area contributed by atoms with Crippen molar-refractivity contribution in [2.45, 2.75) is 6.54 Å². The summed E-state index contributed by atoms with van der Waals surface area (Å²) < 4.78 is 14.9. The molecule has 1 aromatic heterocycles. The molecule has 1 heterocycles. The van der Waals surface area contributed by atoms with Gasteiger partial charge in [0.25, 0.3) is 0 Å². The topological polar surface area (TPSA) is 29.9 Å². The van der Waals surface area contributed by atoms with Gasteiger partial charge in [0.2, 0.25) is 0 Å². The molecule has 0 spiro atoms. The third-order valence-electron chi connectivity index (χ3n) is 2.38. The molecule has 1 N–H and O–H groups in total. The van der Waals surface area contributed by atoms with Gasteiger partial charge in [-0.3, -0.25) is 4.68 Å². The van der Waals surface area contributed by atoms with Gasteiger partial charge in [-0.2, -0.15) is 5.10 Å². The molecular weight excluding hydrogens is 205 g/mol. The Labute approximate surface area is 93.9 Å². The second-order valence-corrected chi connectivity index (χ2v) is 3.61. The molecule has 0 bridgehead atoms. The lowest BCUT2D eigenvalue weighted by atomic mass is 10.1. The largest absolute Gasteiger partial charge is 0.318 e. The second kappa shape index (κ2) is 4.90. The van der Waals surface area contributed by atoms with Crippen LogP contribution in [0.25, 0.3) is 11.1 Å². The van der Waals surface area contributed by atoms with E-state index in [1.165, 1.54) is 12.1 Å². The average Bonchev–Trinajstić information content (AvgIpc) is 2.75. The van der Waals surface area contributed by atoms with Crippen LogP contribution < -0.4 is 5.32 Å². The molecule has 0 aliphatic rings. The molecule has 2 rings (SSSR count). The fraction of sp³-hybridized carbons (Fsp3) is 0.250. The van der Waals surface area contributed by atoms with E-state index in [1.54, 1.807) is 12.3 Å². The SMILES string of the molecule is CNCCn1cc(-c2cccc(F)c2)cn1. The monoisotopic (exact) mass is 219 g/mol. The maximum atomic E-state index is 13.0. The van der Waals surface area contributed by atoms with Crippen LogP contribution in [0.1, 0.15) is 0 Å². The summed E-state index contributed by atoms with van der Waals surface area (Å²) in [5, 5.41) is 7.27. The van der Waals surface area contributed by atoms with Crippen molar-refractivity contribution in [1.82, 2.24) is 15.1 Å². The van der Waals surface area contributed by atoms with E-state index in [9.17, 15) is 4.39 Å². The molecule has 0 aliphatic carbocycles. The predicted octanol–water partition coefficient (Wildman–Crippen LogP) is 1.91. The molecule has 16 heavy (non-hydrogen) atoms. The van der Waals surface area contributed by atoms with E-state index in [4.69, 9.17) is 0 Å². The smallest absolute Gasteiger partial charge is 0.123 e. The molecule has 84 valence electrons. The zero-order valence-corrected chi connectivity index (χ0v) is 9.15. The quantitative estimate of drug-likeness (QED) is 0.851. The van der Waals surface area contributed by atoms with Crippen molar-refractivity contribution in [3.63, 3.8) is 0 Å². The van der Waals surface area contributed by atoms with Gasteiger partial charge >= 0.3 is 0 Å². The fourth-order valence-electron chi connectivity index (χ4n) is 1.53. The van der Waals surface area contributed by atoms with Crippen LogP contribution in [0.4, 0.5) is 4.39 Å². The van der Waals surface area contributed by atoms with Crippen LogP contribution >= 0.6 is 0 Å². The Morgan fingerprint density at radius 1 is 1.38 bits per heavy atom. The number of hydrogen-bond acceptors (Lipinski definition) is 2. The van der Waals surface area contributed by atoms with E-state index >= 15 is 0 Å². The minimum absolute atomic E-state index is 0.222. The van der Waals surface area contributed by atoms with Crippen molar-refractivity contribution in [3.05, 3.63) is 42.5 Å². The Balaban J connectivity index is 2.18. The highest BCUT2D eigenvalue weighted by Gasteiger charge is 2.02. The van der Waals surface area contributed by atoms with E-state index < -0.39 is 0 Å². The Morgan fingerprint density at radius 3 is 3.00 bits per heavy atom. The first-order chi connectivity index (χ1) is 7.79. The first-order valence-corrected chi connectivity index (χ1v) is 5.22. The lowest BCUT2D eigenvalue weighted by Gasteiger charge is -1.99. The van der Waals surface area contributed by atoms with Gasteiger partial charge in [0.05, 0.1) is 12.7 Å². The van der Waals surface area contributed by atoms with Crippen LogP contribution in [0, 0.1) is 5.82 Å². The van der Waals surface area contributed by atoms with Crippen LogP contribution in [0.3, 0.4) is 0 Å². The average molecular weight is 219 g/mol. The molecule has 3 nitrogen and oxygen atoms in total. The maximum Gasteiger partial charge on any atom is 0.123 e. The highest BCUT2D eigenvalue weighted by molar-refractivity contribution is 5.61. The van der Waals surface area contributed by atoms with Gasteiger partial charge in [0.1, 0.15) is 5.82 Å². The summed E-state index contributed by atoms with van der Waals surface area (Å²) in [5.74, 6) is -0.222. The van der Waals surface area contributed by atoms with Crippen molar-refractivity contribution in [1.29, 1.82) is 0 Å². The van der Waals surface area contributed by atoms with Crippen LogP contribution in [0.5, 0.6) is 0 Å². The van der Waals surface area contributed by atoms with E-state index in [0.717, 1.165) is 24.2 Å². The van der Waals surface area contributed by atoms with Gasteiger partial charge in [-0.15, -0.1) is 0 Å². The Kier molecular flexibility index (Phi) is 3.31. The van der Waals surface area contributed by atoms with Gasteiger partial charge in [0.15, 0.2) is 0 Å². The summed E-state index contributed by atoms with van der Waals surface area (Å²) in [6.07, 6.45) is 3.68. The van der Waals surface area contributed by atoms with Gasteiger partial charge < -0.3 is 5.32 Å². The van der Waals surface area contributed by atoms with Crippen molar-refractivity contribution in [3.8, 4) is 11.1 Å². The van der Waals surface area contributed by atoms with Crippen LogP contribution in [-0.4, -0.2) is 23.4 Å². The number of benzene rings is 1. The van der Waals surface area contributed by atoms with Gasteiger partial charge in [-0.1, -0.05) is 12.1 Å². The predicted molar refractivity (Wildman–Crippen MR) is 61.5 cm³/mol. The van der Waals surface area contributed by atoms with E-state index in [2.05, 4.69) is 10.4 Å². The standard InChI is InChI=1S/C12H14FN3/c1-14-5-6-16-9-11(8-15-16)10-3-2-4-12(13)7-10/h2-4,7-9,14H,5-6H2,1H3. The number of nitrogens with zero attached hydrogens (tertiary/aromatic N) is 2. The van der Waals surface area contributed by atoms with Crippen LogP contribution in [-0.2, 0) is 6.54 Å². The minimum atomic E-state index is -0.222. The zero-order chi connectivity index (χ0) is 11.4. The molecule has 1 aromatic carbocycles. The third kappa shape index (κ3) is 2.46. The fourth-order valence-corrected chi connectivity index (χ4v) is 1.53. The summed E-state index contributed by atoms with van der Waals surface area (Å²) in [7, 11) is 1.90. The maximum absolute atomic E-state index is 13.0. The molecule has 0 aliphatic heterocycles. The summed E-state index contributed by atoms with van der Waals surface area (Å²) in [6, 6.07) is 6.53. The minimum Gasteiger partial charge on any atom is -0.318 e. The number of hydrogen-bond donors (Lipinski definition) is 1. The van der Waals surface area contributed by atoms with Crippen molar-refractivity contribution in [2.24, 2.45) is 0 Å². The number of aromatic nitrogens is 2. The lowest BCUT2D eigenvalue weighted by molar-refractivity contribution is 0.585. The molecule has 0 atom stereocenters. The van der Waals surface area contributed by atoms with Gasteiger partial charge in [-0.25, -0.2) is 4.39 Å². The van der Waals surface area contributed by atoms with Gasteiger partial charge in [-0.05, 0) is 24.7 Å². The van der Waals surface area contributed by atoms with E-state index in [-0.39, 0.29) is 5.82 Å². The molecule has 0 saturated carbocycles. The highest BCUT2D eigenvalue weighted by Crippen LogP contribution is 2.18. The molecule has 4 heteroatoms. The lowest BCUT2D eigenvalue weighted by Crippen LogP contribution is -2.14. The van der Waals surface area contributed by atoms with Crippen molar-refractivity contribution < 1.29 is 4.39 Å². The summed E-state index contributed by atoms with van der Waals surface area (Å²) >= 11 is 0.